The number of fused-ring (bicyclic) bond motifs is 1. The van der Waals surface area contributed by atoms with E-state index in [1.165, 1.54) is 35.6 Å². The average Bonchev–Trinajstić information content (AvgIpc) is 3.12. The van der Waals surface area contributed by atoms with E-state index in [0.29, 0.717) is 23.0 Å². The first-order valence-corrected chi connectivity index (χ1v) is 10.0. The smallest absolute Gasteiger partial charge is 0.267 e. The van der Waals surface area contributed by atoms with Crippen LogP contribution in [0.5, 0.6) is 5.75 Å². The molecule has 0 aliphatic rings. The Balaban J connectivity index is 1.51. The van der Waals surface area contributed by atoms with Gasteiger partial charge in [-0.15, -0.1) is 0 Å². The van der Waals surface area contributed by atoms with Crippen LogP contribution in [0.15, 0.2) is 59.4 Å². The molecule has 1 N–H and O–H groups in total. The van der Waals surface area contributed by atoms with Crippen LogP contribution >= 0.6 is 11.3 Å². The summed E-state index contributed by atoms with van der Waals surface area (Å²) in [6, 6.07) is 14.1. The monoisotopic (exact) mass is 424 g/mol. The lowest BCUT2D eigenvalue weighted by Crippen LogP contribution is -2.29. The van der Waals surface area contributed by atoms with Crippen LogP contribution in [-0.2, 0) is 11.3 Å². The van der Waals surface area contributed by atoms with Crippen molar-refractivity contribution in [3.05, 3.63) is 70.8 Å². The van der Waals surface area contributed by atoms with Crippen LogP contribution in [0.4, 0.5) is 9.52 Å². The summed E-state index contributed by atoms with van der Waals surface area (Å²) in [5.41, 5.74) is 1.43. The molecule has 0 spiro atoms. The van der Waals surface area contributed by atoms with Crippen molar-refractivity contribution in [3.63, 3.8) is 0 Å². The Morgan fingerprint density at radius 2 is 1.97 bits per heavy atom. The number of ether oxygens (including phenoxy) is 1. The summed E-state index contributed by atoms with van der Waals surface area (Å²) in [6.07, 6.45) is 0. The first-order chi connectivity index (χ1) is 14.5. The number of anilines is 1. The predicted octanol–water partition coefficient (Wildman–Crippen LogP) is 3.70. The van der Waals surface area contributed by atoms with Crippen LogP contribution in [-0.4, -0.2) is 27.3 Å². The van der Waals surface area contributed by atoms with Gasteiger partial charge in [0.15, 0.2) is 5.13 Å². The molecule has 0 atom stereocenters. The van der Waals surface area contributed by atoms with Crippen molar-refractivity contribution in [2.75, 3.05) is 11.9 Å². The summed E-state index contributed by atoms with van der Waals surface area (Å²) >= 11 is 1.32. The van der Waals surface area contributed by atoms with Crippen LogP contribution < -0.4 is 15.6 Å². The van der Waals surface area contributed by atoms with Gasteiger partial charge in [0.05, 0.1) is 22.5 Å². The van der Waals surface area contributed by atoms with Gasteiger partial charge < -0.3 is 10.1 Å². The highest BCUT2D eigenvalue weighted by Crippen LogP contribution is 2.29. The fourth-order valence-corrected chi connectivity index (χ4v) is 3.76. The number of amides is 1. The SMILES string of the molecule is CCOc1ccc2nc(NC(=O)Cn3nc(-c4ccc(F)cc4)ccc3=O)sc2c1. The standard InChI is InChI=1S/C21H17FN4O3S/c1-2-29-15-7-8-17-18(11-15)30-21(23-17)24-19(27)12-26-20(28)10-9-16(25-26)13-3-5-14(22)6-4-13/h3-11H,2,12H2,1H3,(H,23,24,27). The van der Waals surface area contributed by atoms with Crippen molar-refractivity contribution in [1.82, 2.24) is 14.8 Å². The molecule has 2 heterocycles. The molecule has 152 valence electrons. The molecule has 4 aromatic rings. The molecule has 4 rings (SSSR count). The predicted molar refractivity (Wildman–Crippen MR) is 113 cm³/mol. The third kappa shape index (κ3) is 4.36. The van der Waals surface area contributed by atoms with E-state index < -0.39 is 11.5 Å². The maximum atomic E-state index is 13.1. The molecule has 2 aromatic carbocycles. The second kappa shape index (κ2) is 8.42. The highest BCUT2D eigenvalue weighted by Gasteiger charge is 2.12. The topological polar surface area (TPSA) is 86.1 Å². The molecule has 1 amide bonds. The van der Waals surface area contributed by atoms with E-state index in [9.17, 15) is 14.0 Å². The molecular weight excluding hydrogens is 407 g/mol. The molecule has 9 heteroatoms. The molecule has 7 nitrogen and oxygen atoms in total. The van der Waals surface area contributed by atoms with E-state index in [4.69, 9.17) is 4.74 Å². The summed E-state index contributed by atoms with van der Waals surface area (Å²) in [5, 5.41) is 7.34. The fourth-order valence-electron chi connectivity index (χ4n) is 2.85. The van der Waals surface area contributed by atoms with Crippen molar-refractivity contribution in [1.29, 1.82) is 0 Å². The third-order valence-corrected chi connectivity index (χ3v) is 5.15. The highest BCUT2D eigenvalue weighted by molar-refractivity contribution is 7.22. The van der Waals surface area contributed by atoms with Gasteiger partial charge in [0.1, 0.15) is 18.1 Å². The van der Waals surface area contributed by atoms with E-state index >= 15 is 0 Å². The van der Waals surface area contributed by atoms with Crippen molar-refractivity contribution < 1.29 is 13.9 Å². The maximum Gasteiger partial charge on any atom is 0.267 e. The number of carbonyl (C=O) groups excluding carboxylic acids is 1. The van der Waals surface area contributed by atoms with Gasteiger partial charge in [-0.3, -0.25) is 9.59 Å². The molecule has 0 bridgehead atoms. The van der Waals surface area contributed by atoms with Crippen molar-refractivity contribution in [3.8, 4) is 17.0 Å². The number of carbonyl (C=O) groups is 1. The Hall–Kier alpha value is -3.59. The summed E-state index contributed by atoms with van der Waals surface area (Å²) < 4.78 is 20.5. The van der Waals surface area contributed by atoms with E-state index in [1.807, 2.05) is 25.1 Å². The van der Waals surface area contributed by atoms with Crippen molar-refractivity contribution >= 4 is 32.6 Å². The quantitative estimate of drug-likeness (QED) is 0.510. The Bertz CT molecular complexity index is 1270. The Morgan fingerprint density at radius 3 is 2.73 bits per heavy atom. The summed E-state index contributed by atoms with van der Waals surface area (Å²) in [5.74, 6) is -0.0551. The number of thiazole rings is 1. The minimum Gasteiger partial charge on any atom is -0.494 e. The lowest BCUT2D eigenvalue weighted by Gasteiger charge is -2.07. The van der Waals surface area contributed by atoms with Gasteiger partial charge >= 0.3 is 0 Å². The number of hydrogen-bond donors (Lipinski definition) is 1. The van der Waals surface area contributed by atoms with Crippen LogP contribution in [0, 0.1) is 5.82 Å². The van der Waals surface area contributed by atoms with Gasteiger partial charge in [-0.25, -0.2) is 14.1 Å². The van der Waals surface area contributed by atoms with E-state index in [0.717, 1.165) is 20.6 Å². The van der Waals surface area contributed by atoms with Gasteiger partial charge in [-0.05, 0) is 55.5 Å². The minimum absolute atomic E-state index is 0.270. The fraction of sp³-hybridized carbons (Fsp3) is 0.143. The zero-order valence-corrected chi connectivity index (χ0v) is 16.8. The number of hydrogen-bond acceptors (Lipinski definition) is 6. The molecule has 0 aliphatic carbocycles. The number of nitrogens with zero attached hydrogens (tertiary/aromatic N) is 3. The second-order valence-electron chi connectivity index (χ2n) is 6.35. The van der Waals surface area contributed by atoms with Crippen LogP contribution in [0.25, 0.3) is 21.5 Å². The van der Waals surface area contributed by atoms with Crippen LogP contribution in [0.3, 0.4) is 0 Å². The highest BCUT2D eigenvalue weighted by atomic mass is 32.1. The van der Waals surface area contributed by atoms with Gasteiger partial charge in [-0.2, -0.15) is 5.10 Å². The van der Waals surface area contributed by atoms with Gasteiger partial charge in [-0.1, -0.05) is 11.3 Å². The molecule has 0 saturated carbocycles. The van der Waals surface area contributed by atoms with Crippen molar-refractivity contribution in [2.45, 2.75) is 13.5 Å². The largest absolute Gasteiger partial charge is 0.494 e. The van der Waals surface area contributed by atoms with E-state index in [1.54, 1.807) is 12.1 Å². The number of benzene rings is 2. The van der Waals surface area contributed by atoms with Crippen molar-refractivity contribution in [2.24, 2.45) is 0 Å². The molecule has 2 aromatic heterocycles. The first kappa shape index (κ1) is 19.7. The molecule has 0 aliphatic heterocycles. The lowest BCUT2D eigenvalue weighted by atomic mass is 10.1. The molecule has 0 saturated heterocycles. The zero-order valence-electron chi connectivity index (χ0n) is 16.0. The van der Waals surface area contributed by atoms with E-state index in [2.05, 4.69) is 15.4 Å². The number of aromatic nitrogens is 3. The Morgan fingerprint density at radius 1 is 1.17 bits per heavy atom. The first-order valence-electron chi connectivity index (χ1n) is 9.19. The summed E-state index contributed by atoms with van der Waals surface area (Å²) in [6.45, 7) is 2.20. The average molecular weight is 424 g/mol. The minimum atomic E-state index is -0.426. The Labute approximate surface area is 174 Å². The molecular formula is C21H17FN4O3S. The zero-order chi connectivity index (χ0) is 21.1. The maximum absolute atomic E-state index is 13.1. The van der Waals surface area contributed by atoms with Gasteiger partial charge in [0, 0.05) is 11.6 Å². The number of rotatable bonds is 6. The lowest BCUT2D eigenvalue weighted by molar-refractivity contribution is -0.117. The summed E-state index contributed by atoms with van der Waals surface area (Å²) in [7, 11) is 0. The van der Waals surface area contributed by atoms with Crippen LogP contribution in [0.1, 0.15) is 6.92 Å². The molecule has 0 fully saturated rings. The normalized spacial score (nSPS) is 10.9. The van der Waals surface area contributed by atoms with E-state index in [-0.39, 0.29) is 12.4 Å². The summed E-state index contributed by atoms with van der Waals surface area (Å²) in [4.78, 5) is 29.0. The number of halogens is 1. The van der Waals surface area contributed by atoms with Gasteiger partial charge in [0.25, 0.3) is 5.56 Å². The molecule has 30 heavy (non-hydrogen) atoms. The molecule has 0 unspecified atom stereocenters. The van der Waals surface area contributed by atoms with Gasteiger partial charge in [0.2, 0.25) is 5.91 Å². The number of nitrogens with one attached hydrogen (secondary N) is 1. The third-order valence-electron chi connectivity index (χ3n) is 4.22. The molecule has 0 radical (unpaired) electrons. The second-order valence-corrected chi connectivity index (χ2v) is 7.38. The Kier molecular flexibility index (Phi) is 5.53. The van der Waals surface area contributed by atoms with Crippen LogP contribution in [0.2, 0.25) is 0 Å².